The third-order valence-corrected chi connectivity index (χ3v) is 11.3. The fourth-order valence-corrected chi connectivity index (χ4v) is 7.46. The molecule has 0 aliphatic carbocycles. The SMILES string of the molecule is COc1cc(C2CCN(C(=O)[C@@H]3COC(C)(C)CN3)CC2)c(C)cc1Nc1nc(Nc2ccccc2S(=O)(=O)C(C)C)n2nccc2n1. The molecule has 0 spiro atoms. The van der Waals surface area contributed by atoms with Gasteiger partial charge in [-0.2, -0.15) is 19.6 Å². The van der Waals surface area contributed by atoms with Gasteiger partial charge in [-0.1, -0.05) is 12.1 Å². The second-order valence-electron chi connectivity index (χ2n) is 13.3. The number of hydrogen-bond donors (Lipinski definition) is 3. The number of ether oxygens (including phenoxy) is 2. The predicted molar refractivity (Wildman–Crippen MR) is 184 cm³/mol. The number of fused-ring (bicyclic) bond motifs is 1. The lowest BCUT2D eigenvalue weighted by Crippen LogP contribution is -2.58. The van der Waals surface area contributed by atoms with Crippen LogP contribution >= 0.6 is 0 Å². The number of morpholine rings is 1. The quantitative estimate of drug-likeness (QED) is 0.228. The average molecular weight is 677 g/mol. The fraction of sp³-hybridized carbons (Fsp3) is 0.471. The van der Waals surface area contributed by atoms with Gasteiger partial charge in [0, 0.05) is 25.7 Å². The van der Waals surface area contributed by atoms with Crippen LogP contribution in [0.2, 0.25) is 0 Å². The maximum Gasteiger partial charge on any atom is 0.242 e. The number of methoxy groups -OCH3 is 1. The molecule has 2 saturated heterocycles. The van der Waals surface area contributed by atoms with Crippen LogP contribution in [0.15, 0.2) is 53.6 Å². The first kappa shape index (κ1) is 33.6. The fourth-order valence-electron chi connectivity index (χ4n) is 6.26. The number of aryl methyl sites for hydroxylation is 1. The molecule has 4 aromatic rings. The lowest BCUT2D eigenvalue weighted by molar-refractivity contribution is -0.142. The number of carbonyl (C=O) groups excluding carboxylic acids is 1. The molecule has 3 N–H and O–H groups in total. The molecule has 1 atom stereocenters. The number of nitrogens with zero attached hydrogens (tertiary/aromatic N) is 5. The number of sulfone groups is 1. The molecule has 2 fully saturated rings. The first-order valence-corrected chi connectivity index (χ1v) is 17.8. The number of para-hydroxylation sites is 1. The van der Waals surface area contributed by atoms with Crippen molar-refractivity contribution in [2.24, 2.45) is 0 Å². The van der Waals surface area contributed by atoms with Crippen LogP contribution in [0.4, 0.5) is 23.3 Å². The summed E-state index contributed by atoms with van der Waals surface area (Å²) >= 11 is 0. The Bertz CT molecular complexity index is 1910. The summed E-state index contributed by atoms with van der Waals surface area (Å²) in [7, 11) is -1.94. The lowest BCUT2D eigenvalue weighted by Gasteiger charge is -2.39. The zero-order valence-corrected chi connectivity index (χ0v) is 29.1. The van der Waals surface area contributed by atoms with Crippen LogP contribution in [0.5, 0.6) is 5.75 Å². The van der Waals surface area contributed by atoms with Crippen molar-refractivity contribution in [1.82, 2.24) is 29.8 Å². The van der Waals surface area contributed by atoms with Gasteiger partial charge in [0.25, 0.3) is 0 Å². The second kappa shape index (κ2) is 13.3. The molecule has 0 bridgehead atoms. The van der Waals surface area contributed by atoms with E-state index in [9.17, 15) is 13.2 Å². The zero-order valence-electron chi connectivity index (χ0n) is 28.3. The van der Waals surface area contributed by atoms with Gasteiger partial charge in [-0.3, -0.25) is 4.79 Å². The lowest BCUT2D eigenvalue weighted by atomic mass is 9.86. The molecule has 4 heterocycles. The number of anilines is 4. The van der Waals surface area contributed by atoms with Crippen molar-refractivity contribution in [3.63, 3.8) is 0 Å². The molecule has 1 amide bonds. The standard InChI is InChI=1S/C34H44N8O5S/c1-21(2)48(44,45)29-10-8-7-9-25(29)38-33-40-32(39-30-11-14-36-42(30)33)37-26-17-22(3)24(18-28(26)46-6)23-12-15-41(16-13-23)31(43)27-19-47-34(4,5)20-35-27/h7-11,14,17-18,21,23,27,35H,12-13,15-16,19-20H2,1-6H3,(H2,37,38,39,40)/t27-/m0/s1. The molecule has 0 saturated carbocycles. The van der Waals surface area contributed by atoms with Gasteiger partial charge in [-0.05, 0) is 88.8 Å². The molecule has 2 aromatic heterocycles. The highest BCUT2D eigenvalue weighted by atomic mass is 32.2. The number of carbonyl (C=O) groups is 1. The molecule has 2 aliphatic rings. The maximum atomic E-state index is 13.2. The summed E-state index contributed by atoms with van der Waals surface area (Å²) in [5.74, 6) is 1.61. The van der Waals surface area contributed by atoms with Crippen LogP contribution in [-0.2, 0) is 19.4 Å². The van der Waals surface area contributed by atoms with Crippen LogP contribution in [0.25, 0.3) is 5.65 Å². The molecule has 2 aromatic carbocycles. The summed E-state index contributed by atoms with van der Waals surface area (Å²) in [6.07, 6.45) is 3.31. The van der Waals surface area contributed by atoms with Crippen molar-refractivity contribution in [3.8, 4) is 5.75 Å². The van der Waals surface area contributed by atoms with E-state index in [0.29, 0.717) is 55.0 Å². The molecule has 6 rings (SSSR count). The predicted octanol–water partition coefficient (Wildman–Crippen LogP) is 4.58. The Kier molecular flexibility index (Phi) is 9.33. The minimum Gasteiger partial charge on any atom is -0.495 e. The summed E-state index contributed by atoms with van der Waals surface area (Å²) in [5, 5.41) is 13.6. The van der Waals surface area contributed by atoms with Crippen molar-refractivity contribution >= 4 is 44.7 Å². The highest BCUT2D eigenvalue weighted by Crippen LogP contribution is 2.38. The Labute approximate surface area is 281 Å². The van der Waals surface area contributed by atoms with E-state index in [0.717, 1.165) is 18.4 Å². The summed E-state index contributed by atoms with van der Waals surface area (Å²) < 4.78 is 39.4. The average Bonchev–Trinajstić information content (AvgIpc) is 3.54. The van der Waals surface area contributed by atoms with Gasteiger partial charge in [-0.25, -0.2) is 8.42 Å². The van der Waals surface area contributed by atoms with E-state index in [2.05, 4.69) is 44.0 Å². The van der Waals surface area contributed by atoms with Crippen LogP contribution in [0, 0.1) is 6.92 Å². The van der Waals surface area contributed by atoms with Crippen LogP contribution in [0.1, 0.15) is 57.6 Å². The number of rotatable bonds is 9. The summed E-state index contributed by atoms with van der Waals surface area (Å²) in [5.41, 5.74) is 3.61. The number of hydrogen-bond acceptors (Lipinski definition) is 11. The number of aromatic nitrogens is 4. The van der Waals surface area contributed by atoms with E-state index in [1.54, 1.807) is 57.5 Å². The number of nitrogens with one attached hydrogen (secondary N) is 3. The third kappa shape index (κ3) is 6.82. The van der Waals surface area contributed by atoms with Gasteiger partial charge >= 0.3 is 0 Å². The van der Waals surface area contributed by atoms with Gasteiger partial charge < -0.3 is 30.3 Å². The maximum absolute atomic E-state index is 13.2. The third-order valence-electron chi connectivity index (χ3n) is 9.11. The molecule has 2 aliphatic heterocycles. The van der Waals surface area contributed by atoms with Crippen molar-refractivity contribution in [3.05, 3.63) is 59.8 Å². The van der Waals surface area contributed by atoms with Gasteiger partial charge in [-0.15, -0.1) is 0 Å². The minimum absolute atomic E-state index is 0.104. The molecular formula is C34H44N8O5S. The number of piperidine rings is 1. The van der Waals surface area contributed by atoms with Crippen LogP contribution < -0.4 is 20.7 Å². The van der Waals surface area contributed by atoms with Gasteiger partial charge in [0.2, 0.25) is 17.8 Å². The van der Waals surface area contributed by atoms with E-state index in [4.69, 9.17) is 9.47 Å². The number of benzene rings is 2. The largest absolute Gasteiger partial charge is 0.495 e. The molecule has 256 valence electrons. The highest BCUT2D eigenvalue weighted by molar-refractivity contribution is 7.92. The van der Waals surface area contributed by atoms with E-state index in [1.165, 1.54) is 10.1 Å². The molecule has 0 radical (unpaired) electrons. The van der Waals surface area contributed by atoms with Crippen LogP contribution in [0.3, 0.4) is 0 Å². The summed E-state index contributed by atoms with van der Waals surface area (Å²) in [4.78, 5) is 24.6. The van der Waals surface area contributed by atoms with Crippen molar-refractivity contribution in [1.29, 1.82) is 0 Å². The summed E-state index contributed by atoms with van der Waals surface area (Å²) in [6.45, 7) is 11.8. The molecule has 13 nitrogen and oxygen atoms in total. The monoisotopic (exact) mass is 676 g/mol. The van der Waals surface area contributed by atoms with Gasteiger partial charge in [0.1, 0.15) is 11.8 Å². The Hall–Kier alpha value is -4.27. The van der Waals surface area contributed by atoms with Crippen molar-refractivity contribution in [2.45, 2.75) is 75.2 Å². The highest BCUT2D eigenvalue weighted by Gasteiger charge is 2.35. The molecule has 14 heteroatoms. The Morgan fingerprint density at radius 1 is 1.08 bits per heavy atom. The number of likely N-dealkylation sites (tertiary alicyclic amines) is 1. The van der Waals surface area contributed by atoms with E-state index in [-0.39, 0.29) is 34.3 Å². The molecule has 48 heavy (non-hydrogen) atoms. The van der Waals surface area contributed by atoms with E-state index >= 15 is 0 Å². The first-order valence-electron chi connectivity index (χ1n) is 16.3. The number of amides is 1. The Morgan fingerprint density at radius 2 is 1.83 bits per heavy atom. The van der Waals surface area contributed by atoms with Gasteiger partial charge in [0.05, 0.1) is 47.0 Å². The van der Waals surface area contributed by atoms with Crippen molar-refractivity contribution in [2.75, 3.05) is 44.0 Å². The Morgan fingerprint density at radius 3 is 2.52 bits per heavy atom. The molecule has 0 unspecified atom stereocenters. The summed E-state index contributed by atoms with van der Waals surface area (Å²) in [6, 6.07) is 12.3. The zero-order chi connectivity index (χ0) is 34.2. The second-order valence-corrected chi connectivity index (χ2v) is 15.8. The minimum atomic E-state index is -3.57. The smallest absolute Gasteiger partial charge is 0.242 e. The first-order chi connectivity index (χ1) is 22.9. The van der Waals surface area contributed by atoms with Gasteiger partial charge in [0.15, 0.2) is 15.5 Å². The van der Waals surface area contributed by atoms with E-state index < -0.39 is 15.1 Å². The normalized spacial score (nSPS) is 18.6. The van der Waals surface area contributed by atoms with Crippen LogP contribution in [-0.4, -0.2) is 89.1 Å². The Balaban J connectivity index is 1.20. The molecular weight excluding hydrogens is 632 g/mol. The van der Waals surface area contributed by atoms with E-state index in [1.807, 2.05) is 24.8 Å². The van der Waals surface area contributed by atoms with Crippen molar-refractivity contribution < 1.29 is 22.7 Å². The topological polar surface area (TPSA) is 152 Å².